The van der Waals surface area contributed by atoms with E-state index in [2.05, 4.69) is 27.6 Å². The second kappa shape index (κ2) is 6.26. The predicted octanol–water partition coefficient (Wildman–Crippen LogP) is 5.01. The van der Waals surface area contributed by atoms with Crippen molar-refractivity contribution in [3.8, 4) is 11.4 Å². The summed E-state index contributed by atoms with van der Waals surface area (Å²) in [7, 11) is 0. The number of aromatic amines is 1. The summed E-state index contributed by atoms with van der Waals surface area (Å²) >= 11 is 14.1. The summed E-state index contributed by atoms with van der Waals surface area (Å²) in [6.45, 7) is 0. The number of H-pyrrole nitrogens is 1. The number of nitrogens with zero attached hydrogens (tertiary/aromatic N) is 1. The van der Waals surface area contributed by atoms with Crippen LogP contribution >= 0.6 is 45.8 Å². The van der Waals surface area contributed by atoms with Crippen molar-refractivity contribution in [3.63, 3.8) is 0 Å². The van der Waals surface area contributed by atoms with Crippen molar-refractivity contribution in [2.75, 3.05) is 0 Å². The first-order valence-electron chi connectivity index (χ1n) is 6.81. The van der Waals surface area contributed by atoms with E-state index in [4.69, 9.17) is 28.2 Å². The molecule has 2 aromatic rings. The fourth-order valence-electron chi connectivity index (χ4n) is 2.73. The molecule has 1 saturated carbocycles. The number of rotatable bonds is 2. The van der Waals surface area contributed by atoms with Crippen LogP contribution < -0.4 is 5.56 Å². The average molecular weight is 435 g/mol. The first-order chi connectivity index (χ1) is 10.1. The van der Waals surface area contributed by atoms with Gasteiger partial charge in [0.15, 0.2) is 0 Å². The molecule has 0 unspecified atom stereocenters. The molecule has 0 aliphatic heterocycles. The standard InChI is InChI=1S/C15H13Cl2IN2O/c16-10-6-5-9(7-11(10)17)14-19-13(8-3-1-2-4-8)12(18)15(21)20-14/h5-8H,1-4H2,(H,19,20,21). The normalized spacial score (nSPS) is 15.6. The molecule has 0 amide bonds. The summed E-state index contributed by atoms with van der Waals surface area (Å²) in [6.07, 6.45) is 4.62. The van der Waals surface area contributed by atoms with Gasteiger partial charge in [0.2, 0.25) is 0 Å². The fourth-order valence-corrected chi connectivity index (χ4v) is 3.72. The zero-order chi connectivity index (χ0) is 15.0. The van der Waals surface area contributed by atoms with Crippen molar-refractivity contribution in [3.05, 3.63) is 47.9 Å². The van der Waals surface area contributed by atoms with Gasteiger partial charge in [-0.1, -0.05) is 36.0 Å². The maximum atomic E-state index is 12.2. The number of hydrogen-bond acceptors (Lipinski definition) is 2. The van der Waals surface area contributed by atoms with Crippen LogP contribution in [0.3, 0.4) is 0 Å². The quantitative estimate of drug-likeness (QED) is 0.675. The summed E-state index contributed by atoms with van der Waals surface area (Å²) in [5.74, 6) is 0.946. The maximum absolute atomic E-state index is 12.2. The van der Waals surface area contributed by atoms with Crippen molar-refractivity contribution in [2.24, 2.45) is 0 Å². The van der Waals surface area contributed by atoms with Crippen molar-refractivity contribution >= 4 is 45.8 Å². The Kier molecular flexibility index (Phi) is 4.57. The van der Waals surface area contributed by atoms with Gasteiger partial charge < -0.3 is 4.98 Å². The van der Waals surface area contributed by atoms with Crippen LogP contribution in [0, 0.1) is 3.57 Å². The van der Waals surface area contributed by atoms with Crippen LogP contribution in [0.1, 0.15) is 37.3 Å². The molecule has 3 rings (SSSR count). The minimum absolute atomic E-state index is 0.0893. The lowest BCUT2D eigenvalue weighted by Crippen LogP contribution is -2.17. The largest absolute Gasteiger partial charge is 0.306 e. The van der Waals surface area contributed by atoms with Gasteiger partial charge in [-0.05, 0) is 53.6 Å². The highest BCUT2D eigenvalue weighted by Gasteiger charge is 2.23. The van der Waals surface area contributed by atoms with Crippen molar-refractivity contribution in [2.45, 2.75) is 31.6 Å². The van der Waals surface area contributed by atoms with Crippen LogP contribution in [0.2, 0.25) is 10.0 Å². The number of benzene rings is 1. The number of halogens is 3. The summed E-state index contributed by atoms with van der Waals surface area (Å²) in [5, 5.41) is 0.946. The topological polar surface area (TPSA) is 45.8 Å². The molecule has 1 fully saturated rings. The Labute approximate surface area is 146 Å². The third-order valence-corrected chi connectivity index (χ3v) is 5.60. The van der Waals surface area contributed by atoms with Gasteiger partial charge in [-0.25, -0.2) is 4.98 Å². The van der Waals surface area contributed by atoms with Crippen molar-refractivity contribution in [1.29, 1.82) is 0 Å². The molecule has 1 aromatic heterocycles. The number of aromatic nitrogens is 2. The second-order valence-electron chi connectivity index (χ2n) is 5.22. The monoisotopic (exact) mass is 434 g/mol. The molecule has 0 atom stereocenters. The lowest BCUT2D eigenvalue weighted by Gasteiger charge is -2.12. The highest BCUT2D eigenvalue weighted by Crippen LogP contribution is 2.35. The van der Waals surface area contributed by atoms with E-state index in [9.17, 15) is 4.79 Å². The van der Waals surface area contributed by atoms with E-state index in [1.165, 1.54) is 12.8 Å². The average Bonchev–Trinajstić information content (AvgIpc) is 2.98. The van der Waals surface area contributed by atoms with Crippen molar-refractivity contribution in [1.82, 2.24) is 9.97 Å². The van der Waals surface area contributed by atoms with E-state index in [1.807, 2.05) is 6.07 Å². The molecule has 1 aromatic carbocycles. The molecule has 3 nitrogen and oxygen atoms in total. The molecule has 21 heavy (non-hydrogen) atoms. The SMILES string of the molecule is O=c1[nH]c(-c2ccc(Cl)c(Cl)c2)nc(C2CCCC2)c1I. The van der Waals surface area contributed by atoms with Crippen LogP contribution in [0.4, 0.5) is 0 Å². The number of hydrogen-bond donors (Lipinski definition) is 1. The van der Waals surface area contributed by atoms with Gasteiger partial charge in [0.05, 0.1) is 19.3 Å². The van der Waals surface area contributed by atoms with Gasteiger partial charge in [0, 0.05) is 11.5 Å². The smallest absolute Gasteiger partial charge is 0.264 e. The zero-order valence-corrected chi connectivity index (χ0v) is 14.8. The Hall–Kier alpha value is -0.590. The number of nitrogens with one attached hydrogen (secondary N) is 1. The van der Waals surface area contributed by atoms with E-state index in [-0.39, 0.29) is 5.56 Å². The van der Waals surface area contributed by atoms with Gasteiger partial charge in [-0.3, -0.25) is 4.79 Å². The van der Waals surface area contributed by atoms with E-state index in [1.54, 1.807) is 12.1 Å². The van der Waals surface area contributed by atoms with Crippen LogP contribution in [0.25, 0.3) is 11.4 Å². The molecular weight excluding hydrogens is 422 g/mol. The van der Waals surface area contributed by atoms with E-state index in [0.29, 0.717) is 25.4 Å². The van der Waals surface area contributed by atoms with Crippen LogP contribution in [0.5, 0.6) is 0 Å². The maximum Gasteiger partial charge on any atom is 0.264 e. The van der Waals surface area contributed by atoms with E-state index in [0.717, 1.165) is 24.1 Å². The Morgan fingerprint density at radius 2 is 1.90 bits per heavy atom. The molecule has 1 heterocycles. The molecule has 1 aliphatic carbocycles. The summed E-state index contributed by atoms with van der Waals surface area (Å²) in [6, 6.07) is 5.26. The summed E-state index contributed by atoms with van der Waals surface area (Å²) in [5.41, 5.74) is 1.60. The first kappa shape index (κ1) is 15.3. The summed E-state index contributed by atoms with van der Waals surface area (Å²) in [4.78, 5) is 19.7. The van der Waals surface area contributed by atoms with Crippen LogP contribution in [-0.2, 0) is 0 Å². The zero-order valence-electron chi connectivity index (χ0n) is 11.1. The minimum Gasteiger partial charge on any atom is -0.306 e. The lowest BCUT2D eigenvalue weighted by atomic mass is 10.0. The highest BCUT2D eigenvalue weighted by atomic mass is 127. The Morgan fingerprint density at radius 3 is 2.57 bits per heavy atom. The van der Waals surface area contributed by atoms with Gasteiger partial charge in [0.1, 0.15) is 5.82 Å². The van der Waals surface area contributed by atoms with Gasteiger partial charge >= 0.3 is 0 Å². The highest BCUT2D eigenvalue weighted by molar-refractivity contribution is 14.1. The summed E-state index contributed by atoms with van der Waals surface area (Å²) < 4.78 is 0.698. The van der Waals surface area contributed by atoms with Crippen LogP contribution in [-0.4, -0.2) is 9.97 Å². The third-order valence-electron chi connectivity index (χ3n) is 3.82. The minimum atomic E-state index is -0.0893. The molecular formula is C15H13Cl2IN2O. The molecule has 0 bridgehead atoms. The van der Waals surface area contributed by atoms with Crippen LogP contribution in [0.15, 0.2) is 23.0 Å². The Morgan fingerprint density at radius 1 is 1.19 bits per heavy atom. The van der Waals surface area contributed by atoms with Crippen molar-refractivity contribution < 1.29 is 0 Å². The molecule has 0 radical (unpaired) electrons. The Balaban J connectivity index is 2.10. The van der Waals surface area contributed by atoms with Gasteiger partial charge in [0.25, 0.3) is 5.56 Å². The van der Waals surface area contributed by atoms with E-state index >= 15 is 0 Å². The Bertz CT molecular complexity index is 739. The molecule has 0 spiro atoms. The molecule has 1 aliphatic rings. The molecule has 0 saturated heterocycles. The van der Waals surface area contributed by atoms with E-state index < -0.39 is 0 Å². The lowest BCUT2D eigenvalue weighted by molar-refractivity contribution is 0.687. The molecule has 6 heteroatoms. The first-order valence-corrected chi connectivity index (χ1v) is 8.65. The van der Waals surface area contributed by atoms with Gasteiger partial charge in [-0.15, -0.1) is 0 Å². The third kappa shape index (κ3) is 3.12. The second-order valence-corrected chi connectivity index (χ2v) is 7.12. The van der Waals surface area contributed by atoms with Gasteiger partial charge in [-0.2, -0.15) is 0 Å². The predicted molar refractivity (Wildman–Crippen MR) is 94.2 cm³/mol. The molecule has 1 N–H and O–H groups in total. The molecule has 110 valence electrons. The fraction of sp³-hybridized carbons (Fsp3) is 0.333.